The molecule has 3 rings (SSSR count). The molecule has 0 bridgehead atoms. The number of nitrogens with one attached hydrogen (secondary N) is 2. The number of amides is 1. The lowest BCUT2D eigenvalue weighted by atomic mass is 9.94. The summed E-state index contributed by atoms with van der Waals surface area (Å²) in [6.45, 7) is 3.42. The Balaban J connectivity index is 1.69. The Kier molecular flexibility index (Phi) is 4.46. The van der Waals surface area contributed by atoms with Gasteiger partial charge in [-0.05, 0) is 54.8 Å². The van der Waals surface area contributed by atoms with E-state index >= 15 is 0 Å². The SMILES string of the molecule is Cc1cc(Cl)ccc1C(=O)NCC1NCCc2ccccc21. The predicted molar refractivity (Wildman–Crippen MR) is 89.4 cm³/mol. The van der Waals surface area contributed by atoms with E-state index in [-0.39, 0.29) is 11.9 Å². The van der Waals surface area contributed by atoms with Crippen molar-refractivity contribution in [1.82, 2.24) is 10.6 Å². The third-order valence-electron chi connectivity index (χ3n) is 4.12. The van der Waals surface area contributed by atoms with E-state index in [0.717, 1.165) is 18.5 Å². The molecule has 0 fully saturated rings. The zero-order chi connectivity index (χ0) is 15.5. The molecule has 4 heteroatoms. The Hall–Kier alpha value is -1.84. The molecule has 3 nitrogen and oxygen atoms in total. The van der Waals surface area contributed by atoms with Crippen LogP contribution in [-0.2, 0) is 6.42 Å². The molecule has 0 saturated heterocycles. The summed E-state index contributed by atoms with van der Waals surface area (Å²) >= 11 is 5.93. The van der Waals surface area contributed by atoms with Gasteiger partial charge in [-0.2, -0.15) is 0 Å². The van der Waals surface area contributed by atoms with Gasteiger partial charge >= 0.3 is 0 Å². The third kappa shape index (κ3) is 3.16. The van der Waals surface area contributed by atoms with Crippen LogP contribution in [0.2, 0.25) is 5.02 Å². The van der Waals surface area contributed by atoms with Gasteiger partial charge in [-0.1, -0.05) is 35.9 Å². The quantitative estimate of drug-likeness (QED) is 0.913. The fraction of sp³-hybridized carbons (Fsp3) is 0.278. The average molecular weight is 315 g/mol. The van der Waals surface area contributed by atoms with Crippen molar-refractivity contribution in [2.24, 2.45) is 0 Å². The lowest BCUT2D eigenvalue weighted by Crippen LogP contribution is -2.39. The molecule has 1 aliphatic heterocycles. The normalized spacial score (nSPS) is 16.9. The van der Waals surface area contributed by atoms with E-state index in [4.69, 9.17) is 11.6 Å². The molecule has 0 aromatic heterocycles. The standard InChI is InChI=1S/C18H19ClN2O/c1-12-10-14(19)6-7-15(12)18(22)21-11-17-16-5-3-2-4-13(16)8-9-20-17/h2-7,10,17,20H,8-9,11H2,1H3,(H,21,22). The second-order valence-electron chi connectivity index (χ2n) is 5.62. The first kappa shape index (κ1) is 15.1. The van der Waals surface area contributed by atoms with E-state index in [0.29, 0.717) is 17.1 Å². The van der Waals surface area contributed by atoms with Crippen molar-refractivity contribution in [2.45, 2.75) is 19.4 Å². The fourth-order valence-electron chi connectivity index (χ4n) is 2.95. The number of fused-ring (bicyclic) bond motifs is 1. The van der Waals surface area contributed by atoms with Gasteiger partial charge in [-0.25, -0.2) is 0 Å². The molecule has 1 heterocycles. The van der Waals surface area contributed by atoms with Crippen LogP contribution >= 0.6 is 11.6 Å². The Morgan fingerprint density at radius 3 is 2.95 bits per heavy atom. The van der Waals surface area contributed by atoms with Crippen molar-refractivity contribution in [1.29, 1.82) is 0 Å². The Morgan fingerprint density at radius 2 is 2.14 bits per heavy atom. The number of carbonyl (C=O) groups is 1. The van der Waals surface area contributed by atoms with E-state index in [1.807, 2.05) is 19.1 Å². The van der Waals surface area contributed by atoms with Gasteiger partial charge in [0.25, 0.3) is 5.91 Å². The molecule has 22 heavy (non-hydrogen) atoms. The summed E-state index contributed by atoms with van der Waals surface area (Å²) in [6.07, 6.45) is 1.04. The van der Waals surface area contributed by atoms with Gasteiger partial charge in [-0.15, -0.1) is 0 Å². The molecule has 2 N–H and O–H groups in total. The van der Waals surface area contributed by atoms with Crippen molar-refractivity contribution >= 4 is 17.5 Å². The molecule has 0 saturated carbocycles. The summed E-state index contributed by atoms with van der Waals surface area (Å²) in [7, 11) is 0. The highest BCUT2D eigenvalue weighted by atomic mass is 35.5. The first-order valence-electron chi connectivity index (χ1n) is 7.50. The molecule has 2 aromatic carbocycles. The minimum Gasteiger partial charge on any atom is -0.350 e. The van der Waals surface area contributed by atoms with Crippen LogP contribution in [0.4, 0.5) is 0 Å². The van der Waals surface area contributed by atoms with Crippen molar-refractivity contribution in [2.75, 3.05) is 13.1 Å². The maximum Gasteiger partial charge on any atom is 0.251 e. The number of hydrogen-bond donors (Lipinski definition) is 2. The van der Waals surface area contributed by atoms with E-state index in [1.165, 1.54) is 11.1 Å². The molecule has 0 spiro atoms. The van der Waals surface area contributed by atoms with Crippen molar-refractivity contribution in [3.8, 4) is 0 Å². The Bertz CT molecular complexity index is 699. The molecule has 0 radical (unpaired) electrons. The lowest BCUT2D eigenvalue weighted by molar-refractivity contribution is 0.0948. The largest absolute Gasteiger partial charge is 0.350 e. The van der Waals surface area contributed by atoms with Crippen LogP contribution in [0, 0.1) is 6.92 Å². The monoisotopic (exact) mass is 314 g/mol. The van der Waals surface area contributed by atoms with Crippen molar-refractivity contribution in [3.05, 3.63) is 69.7 Å². The van der Waals surface area contributed by atoms with Crippen molar-refractivity contribution < 1.29 is 4.79 Å². The number of carbonyl (C=O) groups excluding carboxylic acids is 1. The van der Waals surface area contributed by atoms with Crippen LogP contribution < -0.4 is 10.6 Å². The first-order chi connectivity index (χ1) is 10.6. The number of halogens is 1. The summed E-state index contributed by atoms with van der Waals surface area (Å²) in [6, 6.07) is 13.9. The van der Waals surface area contributed by atoms with E-state index in [1.54, 1.807) is 12.1 Å². The summed E-state index contributed by atoms with van der Waals surface area (Å²) < 4.78 is 0. The van der Waals surface area contributed by atoms with Gasteiger partial charge in [0.2, 0.25) is 0 Å². The second-order valence-corrected chi connectivity index (χ2v) is 6.06. The highest BCUT2D eigenvalue weighted by Crippen LogP contribution is 2.22. The molecular formula is C18H19ClN2O. The number of rotatable bonds is 3. The second kappa shape index (κ2) is 6.51. The number of benzene rings is 2. The minimum atomic E-state index is -0.0565. The van der Waals surface area contributed by atoms with Crippen LogP contribution in [0.15, 0.2) is 42.5 Å². The lowest BCUT2D eigenvalue weighted by Gasteiger charge is -2.27. The van der Waals surface area contributed by atoms with Crippen LogP contribution in [-0.4, -0.2) is 19.0 Å². The van der Waals surface area contributed by atoms with Gasteiger partial charge in [0.05, 0.1) is 0 Å². The first-order valence-corrected chi connectivity index (χ1v) is 7.88. The molecule has 1 amide bonds. The molecular weight excluding hydrogens is 296 g/mol. The molecule has 1 atom stereocenters. The van der Waals surface area contributed by atoms with Gasteiger partial charge in [-0.3, -0.25) is 4.79 Å². The maximum absolute atomic E-state index is 12.3. The highest BCUT2D eigenvalue weighted by Gasteiger charge is 2.20. The van der Waals surface area contributed by atoms with Crippen molar-refractivity contribution in [3.63, 3.8) is 0 Å². The van der Waals surface area contributed by atoms with E-state index in [9.17, 15) is 4.79 Å². The van der Waals surface area contributed by atoms with E-state index < -0.39 is 0 Å². The molecule has 1 unspecified atom stereocenters. The fourth-order valence-corrected chi connectivity index (χ4v) is 3.17. The Morgan fingerprint density at radius 1 is 1.32 bits per heavy atom. The topological polar surface area (TPSA) is 41.1 Å². The number of hydrogen-bond acceptors (Lipinski definition) is 2. The molecule has 1 aliphatic rings. The van der Waals surface area contributed by atoms with Crippen LogP contribution in [0.5, 0.6) is 0 Å². The van der Waals surface area contributed by atoms with Gasteiger partial charge in [0, 0.05) is 23.2 Å². The van der Waals surface area contributed by atoms with Gasteiger partial charge in [0.1, 0.15) is 0 Å². The maximum atomic E-state index is 12.3. The molecule has 2 aromatic rings. The van der Waals surface area contributed by atoms with Crippen LogP contribution in [0.1, 0.15) is 33.1 Å². The summed E-state index contributed by atoms with van der Waals surface area (Å²) in [5.41, 5.74) is 4.21. The predicted octanol–water partition coefficient (Wildman–Crippen LogP) is 3.27. The molecule has 114 valence electrons. The summed E-state index contributed by atoms with van der Waals surface area (Å²) in [5, 5.41) is 7.15. The Labute approximate surface area is 135 Å². The third-order valence-corrected chi connectivity index (χ3v) is 4.35. The van der Waals surface area contributed by atoms with Crippen LogP contribution in [0.25, 0.3) is 0 Å². The smallest absolute Gasteiger partial charge is 0.251 e. The average Bonchev–Trinajstić information content (AvgIpc) is 2.52. The van der Waals surface area contributed by atoms with E-state index in [2.05, 4.69) is 28.8 Å². The van der Waals surface area contributed by atoms with Gasteiger partial charge in [0.15, 0.2) is 0 Å². The summed E-state index contributed by atoms with van der Waals surface area (Å²) in [5.74, 6) is -0.0565. The van der Waals surface area contributed by atoms with Crippen LogP contribution in [0.3, 0.4) is 0 Å². The summed E-state index contributed by atoms with van der Waals surface area (Å²) in [4.78, 5) is 12.3. The molecule has 0 aliphatic carbocycles. The zero-order valence-corrected chi connectivity index (χ0v) is 13.3. The van der Waals surface area contributed by atoms with Gasteiger partial charge < -0.3 is 10.6 Å². The number of aryl methyl sites for hydroxylation is 1. The highest BCUT2D eigenvalue weighted by molar-refractivity contribution is 6.30. The minimum absolute atomic E-state index is 0.0565. The zero-order valence-electron chi connectivity index (χ0n) is 12.5.